The maximum atomic E-state index is 9.90. The number of hydrogen-bond acceptors (Lipinski definition) is 3. The summed E-state index contributed by atoms with van der Waals surface area (Å²) in [7, 11) is 0. The first-order valence-electron chi connectivity index (χ1n) is 5.79. The molecule has 0 N–H and O–H groups in total. The second-order valence-electron chi connectivity index (χ2n) is 3.66. The van der Waals surface area contributed by atoms with Crippen molar-refractivity contribution in [3.05, 3.63) is 0 Å². The van der Waals surface area contributed by atoms with Crippen LogP contribution in [0.5, 0.6) is 0 Å². The minimum absolute atomic E-state index is 0. The van der Waals surface area contributed by atoms with E-state index in [1.165, 1.54) is 0 Å². The zero-order chi connectivity index (χ0) is 12.9. The topological polar surface area (TPSA) is 69.2 Å². The van der Waals surface area contributed by atoms with Crippen molar-refractivity contribution in [3.8, 4) is 0 Å². The molecule has 0 aromatic heterocycles. The van der Waals surface area contributed by atoms with E-state index in [-0.39, 0.29) is 44.2 Å². The molecule has 3 unspecified atom stereocenters. The fourth-order valence-electron chi connectivity index (χ4n) is 0. The van der Waals surface area contributed by atoms with Crippen LogP contribution in [0.15, 0.2) is 0 Å². The summed E-state index contributed by atoms with van der Waals surface area (Å²) in [5.74, 6) is 0. The molecule has 0 radical (unpaired) electrons. The van der Waals surface area contributed by atoms with Crippen LogP contribution in [0.3, 0.4) is 0 Å². The summed E-state index contributed by atoms with van der Waals surface area (Å²) in [6, 6.07) is 0. The molecule has 3 nitrogen and oxygen atoms in total. The van der Waals surface area contributed by atoms with Crippen LogP contribution in [0.2, 0.25) is 0 Å². The molecule has 0 rings (SSSR count). The van der Waals surface area contributed by atoms with Gasteiger partial charge in [0.05, 0.1) is 0 Å². The van der Waals surface area contributed by atoms with Crippen LogP contribution in [0.1, 0.15) is 60.8 Å². The van der Waals surface area contributed by atoms with Crippen molar-refractivity contribution in [3.63, 3.8) is 0 Å². The second-order valence-corrected chi connectivity index (χ2v) is 3.66. The Labute approximate surface area is 120 Å². The van der Waals surface area contributed by atoms with E-state index in [4.69, 9.17) is 0 Å². The van der Waals surface area contributed by atoms with Gasteiger partial charge in [0, 0.05) is 0 Å². The first-order chi connectivity index (χ1) is 6.81. The average Bonchev–Trinajstić information content (AvgIpc) is 2.19. The van der Waals surface area contributed by atoms with Gasteiger partial charge in [-0.25, -0.2) is 0 Å². The van der Waals surface area contributed by atoms with Gasteiger partial charge in [0.25, 0.3) is 0 Å². The SMILES string of the molecule is CCC(C)[O-].CCC(C)[O-].CCC(C)[O-].[Sc+3]. The Morgan fingerprint density at radius 2 is 0.688 bits per heavy atom. The van der Waals surface area contributed by atoms with E-state index in [9.17, 15) is 15.3 Å². The Kier molecular flexibility index (Phi) is 33.7. The average molecular weight is 264 g/mol. The quantitative estimate of drug-likeness (QED) is 0.742. The summed E-state index contributed by atoms with van der Waals surface area (Å²) in [5.41, 5.74) is 0. The zero-order valence-corrected chi connectivity index (χ0v) is 13.5. The summed E-state index contributed by atoms with van der Waals surface area (Å²) < 4.78 is 0. The molecule has 0 heterocycles. The molecular formula is C12H27O3Sc. The fraction of sp³-hybridized carbons (Fsp3) is 1.00. The van der Waals surface area contributed by atoms with Gasteiger partial charge < -0.3 is 15.3 Å². The minimum Gasteiger partial charge on any atom is -0.852 e. The van der Waals surface area contributed by atoms with Crippen LogP contribution in [0, 0.1) is 0 Å². The molecule has 0 aromatic carbocycles. The summed E-state index contributed by atoms with van der Waals surface area (Å²) in [5, 5.41) is 29.7. The Morgan fingerprint density at radius 3 is 0.688 bits per heavy atom. The van der Waals surface area contributed by atoms with Gasteiger partial charge in [-0.3, -0.25) is 0 Å². The molecule has 4 heteroatoms. The molecular weight excluding hydrogens is 237 g/mol. The molecule has 0 aliphatic heterocycles. The predicted octanol–water partition coefficient (Wildman–Crippen LogP) is 0.433. The minimum atomic E-state index is -0.366. The Bertz CT molecular complexity index is 77.2. The third kappa shape index (κ3) is 61.2. The molecule has 0 aliphatic rings. The molecule has 0 aliphatic carbocycles. The normalized spacial score (nSPS) is 14.1. The molecule has 0 bridgehead atoms. The second kappa shape index (κ2) is 21.1. The van der Waals surface area contributed by atoms with Crippen LogP contribution in [0.4, 0.5) is 0 Å². The third-order valence-electron chi connectivity index (χ3n) is 1.72. The summed E-state index contributed by atoms with van der Waals surface area (Å²) in [6.45, 7) is 10.7. The summed E-state index contributed by atoms with van der Waals surface area (Å²) in [4.78, 5) is 0. The maximum absolute atomic E-state index is 9.90. The Morgan fingerprint density at radius 1 is 0.625 bits per heavy atom. The van der Waals surface area contributed by atoms with Gasteiger partial charge in [-0.05, 0) is 0 Å². The smallest absolute Gasteiger partial charge is 0.852 e. The molecule has 3 atom stereocenters. The molecule has 0 amide bonds. The summed E-state index contributed by atoms with van der Waals surface area (Å²) in [6.07, 6.45) is 1.15. The molecule has 0 saturated carbocycles. The third-order valence-corrected chi connectivity index (χ3v) is 1.72. The van der Waals surface area contributed by atoms with E-state index >= 15 is 0 Å². The Balaban J connectivity index is -0.0000000655. The van der Waals surface area contributed by atoms with Crippen molar-refractivity contribution in [2.45, 2.75) is 79.1 Å². The van der Waals surface area contributed by atoms with Gasteiger partial charge in [0.15, 0.2) is 0 Å². The van der Waals surface area contributed by atoms with Crippen molar-refractivity contribution in [2.75, 3.05) is 0 Å². The summed E-state index contributed by atoms with van der Waals surface area (Å²) >= 11 is 0. The maximum Gasteiger partial charge on any atom is 3.00 e. The van der Waals surface area contributed by atoms with Crippen molar-refractivity contribution in [1.82, 2.24) is 0 Å². The van der Waals surface area contributed by atoms with E-state index in [2.05, 4.69) is 0 Å². The van der Waals surface area contributed by atoms with Gasteiger partial charge in [0.1, 0.15) is 0 Å². The van der Waals surface area contributed by atoms with Crippen molar-refractivity contribution in [2.24, 2.45) is 0 Å². The number of hydrogen-bond donors (Lipinski definition) is 0. The van der Waals surface area contributed by atoms with Crippen molar-refractivity contribution >= 4 is 0 Å². The molecule has 0 spiro atoms. The van der Waals surface area contributed by atoms with E-state index in [0.29, 0.717) is 0 Å². The van der Waals surface area contributed by atoms with E-state index in [0.717, 1.165) is 19.3 Å². The van der Waals surface area contributed by atoms with E-state index in [1.807, 2.05) is 20.8 Å². The standard InChI is InChI=1S/3C4H9O.Sc/c3*1-3-4(2)5;/h3*4H,3H2,1-2H3;/q3*-1;+3. The fourth-order valence-corrected chi connectivity index (χ4v) is 0. The monoisotopic (exact) mass is 264 g/mol. The molecule has 96 valence electrons. The molecule has 0 saturated heterocycles. The van der Waals surface area contributed by atoms with Crippen molar-refractivity contribution < 1.29 is 41.2 Å². The number of rotatable bonds is 3. The first kappa shape index (κ1) is 25.6. The van der Waals surface area contributed by atoms with Crippen LogP contribution < -0.4 is 15.3 Å². The van der Waals surface area contributed by atoms with Gasteiger partial charge in [-0.1, -0.05) is 60.8 Å². The van der Waals surface area contributed by atoms with Gasteiger partial charge >= 0.3 is 25.8 Å². The predicted molar refractivity (Wildman–Crippen MR) is 59.3 cm³/mol. The van der Waals surface area contributed by atoms with E-state index in [1.54, 1.807) is 20.8 Å². The van der Waals surface area contributed by atoms with Crippen molar-refractivity contribution in [1.29, 1.82) is 0 Å². The van der Waals surface area contributed by atoms with Crippen LogP contribution in [0.25, 0.3) is 0 Å². The van der Waals surface area contributed by atoms with Crippen LogP contribution >= 0.6 is 0 Å². The zero-order valence-electron chi connectivity index (χ0n) is 11.7. The first-order valence-corrected chi connectivity index (χ1v) is 5.79. The largest absolute Gasteiger partial charge is 3.00 e. The van der Waals surface area contributed by atoms with Crippen LogP contribution in [-0.4, -0.2) is 18.3 Å². The molecule has 16 heavy (non-hydrogen) atoms. The van der Waals surface area contributed by atoms with Crippen LogP contribution in [-0.2, 0) is 25.8 Å². The van der Waals surface area contributed by atoms with E-state index < -0.39 is 0 Å². The molecule has 0 aromatic rings. The Hall–Kier alpha value is 0.750. The van der Waals surface area contributed by atoms with Gasteiger partial charge in [-0.15, -0.1) is 18.3 Å². The van der Waals surface area contributed by atoms with Gasteiger partial charge in [0.2, 0.25) is 0 Å². The van der Waals surface area contributed by atoms with Gasteiger partial charge in [-0.2, -0.15) is 0 Å². The molecule has 0 fully saturated rings.